The van der Waals surface area contributed by atoms with Gasteiger partial charge in [0, 0.05) is 31.0 Å². The van der Waals surface area contributed by atoms with Gasteiger partial charge in [-0.05, 0) is 24.3 Å². The molecule has 2 aromatic rings. The second kappa shape index (κ2) is 5.88. The summed E-state index contributed by atoms with van der Waals surface area (Å²) in [6, 6.07) is 10.2. The summed E-state index contributed by atoms with van der Waals surface area (Å²) in [5, 5.41) is 3.31. The van der Waals surface area contributed by atoms with Crippen LogP contribution in [0.25, 0.3) is 0 Å². The number of rotatable bonds is 4. The first-order valence-corrected chi connectivity index (χ1v) is 6.78. The standard InChI is InChI=1S/C15H19N3O2/c1-19-14-11-12(18-7-9-20-10-8-18)4-5-13(14)17-15-3-2-6-16-15/h2-6,11,16-17H,7-10H2,1H3. The Labute approximate surface area is 118 Å². The average Bonchev–Trinajstić information content (AvgIpc) is 3.01. The number of nitrogens with one attached hydrogen (secondary N) is 2. The van der Waals surface area contributed by atoms with Gasteiger partial charge >= 0.3 is 0 Å². The molecule has 1 aromatic heterocycles. The highest BCUT2D eigenvalue weighted by Gasteiger charge is 2.13. The number of aromatic nitrogens is 1. The number of ether oxygens (including phenoxy) is 2. The molecule has 2 N–H and O–H groups in total. The van der Waals surface area contributed by atoms with Crippen LogP contribution in [0.3, 0.4) is 0 Å². The van der Waals surface area contributed by atoms with Crippen LogP contribution in [0.5, 0.6) is 5.75 Å². The summed E-state index contributed by atoms with van der Waals surface area (Å²) in [6.07, 6.45) is 1.89. The third-order valence-corrected chi connectivity index (χ3v) is 3.43. The van der Waals surface area contributed by atoms with Gasteiger partial charge in [0.2, 0.25) is 0 Å². The minimum absolute atomic E-state index is 0.783. The van der Waals surface area contributed by atoms with Crippen LogP contribution in [0.4, 0.5) is 17.2 Å². The first-order valence-electron chi connectivity index (χ1n) is 6.78. The number of hydrogen-bond donors (Lipinski definition) is 2. The lowest BCUT2D eigenvalue weighted by Gasteiger charge is -2.29. The van der Waals surface area contributed by atoms with Crippen LogP contribution in [0.1, 0.15) is 0 Å². The molecule has 5 heteroatoms. The Balaban J connectivity index is 1.81. The van der Waals surface area contributed by atoms with Crippen LogP contribution < -0.4 is 15.0 Å². The molecule has 1 aliphatic heterocycles. The zero-order valence-electron chi connectivity index (χ0n) is 11.6. The minimum Gasteiger partial charge on any atom is -0.494 e. The van der Waals surface area contributed by atoms with Gasteiger partial charge in [-0.25, -0.2) is 0 Å². The summed E-state index contributed by atoms with van der Waals surface area (Å²) in [5.74, 6) is 1.78. The first kappa shape index (κ1) is 12.9. The van der Waals surface area contributed by atoms with Crippen molar-refractivity contribution in [3.05, 3.63) is 36.5 Å². The maximum absolute atomic E-state index is 5.49. The summed E-state index contributed by atoms with van der Waals surface area (Å²) in [5.41, 5.74) is 2.12. The Kier molecular flexibility index (Phi) is 3.78. The fourth-order valence-electron chi connectivity index (χ4n) is 2.35. The van der Waals surface area contributed by atoms with Gasteiger partial charge in [0.25, 0.3) is 0 Å². The Hall–Kier alpha value is -2.14. The van der Waals surface area contributed by atoms with Gasteiger partial charge in [0.05, 0.1) is 26.0 Å². The molecule has 0 amide bonds. The molecule has 3 rings (SSSR count). The molecule has 0 spiro atoms. The van der Waals surface area contributed by atoms with Crippen molar-refractivity contribution in [2.24, 2.45) is 0 Å². The smallest absolute Gasteiger partial charge is 0.144 e. The average molecular weight is 273 g/mol. The topological polar surface area (TPSA) is 49.5 Å². The number of H-pyrrole nitrogens is 1. The summed E-state index contributed by atoms with van der Waals surface area (Å²) in [4.78, 5) is 5.43. The Bertz CT molecular complexity index is 548. The van der Waals surface area contributed by atoms with Gasteiger partial charge in [-0.3, -0.25) is 0 Å². The van der Waals surface area contributed by atoms with Crippen molar-refractivity contribution in [1.82, 2.24) is 4.98 Å². The third-order valence-electron chi connectivity index (χ3n) is 3.43. The van der Waals surface area contributed by atoms with Gasteiger partial charge in [0.1, 0.15) is 11.6 Å². The molecule has 0 unspecified atom stereocenters. The minimum atomic E-state index is 0.783. The fraction of sp³-hybridized carbons (Fsp3) is 0.333. The van der Waals surface area contributed by atoms with Crippen molar-refractivity contribution in [3.63, 3.8) is 0 Å². The molecule has 0 bridgehead atoms. The van der Waals surface area contributed by atoms with E-state index in [0.29, 0.717) is 0 Å². The Morgan fingerprint density at radius 1 is 1.25 bits per heavy atom. The van der Waals surface area contributed by atoms with Crippen LogP contribution in [0.2, 0.25) is 0 Å². The zero-order chi connectivity index (χ0) is 13.8. The molecule has 1 aliphatic rings. The molecule has 0 atom stereocenters. The van der Waals surface area contributed by atoms with Gasteiger partial charge in [0.15, 0.2) is 0 Å². The predicted octanol–water partition coefficient (Wildman–Crippen LogP) is 2.60. The SMILES string of the molecule is COc1cc(N2CCOCC2)ccc1Nc1ccc[nH]1. The molecule has 20 heavy (non-hydrogen) atoms. The largest absolute Gasteiger partial charge is 0.494 e. The lowest BCUT2D eigenvalue weighted by Crippen LogP contribution is -2.36. The second-order valence-electron chi connectivity index (χ2n) is 4.69. The number of methoxy groups -OCH3 is 1. The van der Waals surface area contributed by atoms with E-state index in [0.717, 1.165) is 43.6 Å². The molecule has 1 aromatic carbocycles. The summed E-state index contributed by atoms with van der Waals surface area (Å²) in [6.45, 7) is 3.41. The monoisotopic (exact) mass is 273 g/mol. The molecule has 2 heterocycles. The summed E-state index contributed by atoms with van der Waals surface area (Å²) >= 11 is 0. The molecule has 0 saturated carbocycles. The highest BCUT2D eigenvalue weighted by molar-refractivity contribution is 5.69. The van der Waals surface area contributed by atoms with E-state index in [9.17, 15) is 0 Å². The summed E-state index contributed by atoms with van der Waals surface area (Å²) in [7, 11) is 1.69. The van der Waals surface area contributed by atoms with E-state index in [1.54, 1.807) is 7.11 Å². The van der Waals surface area contributed by atoms with E-state index < -0.39 is 0 Å². The normalized spacial score (nSPS) is 15.2. The molecule has 0 radical (unpaired) electrons. The quantitative estimate of drug-likeness (QED) is 0.899. The van der Waals surface area contributed by atoms with Gasteiger partial charge < -0.3 is 24.7 Å². The van der Waals surface area contributed by atoms with E-state index in [2.05, 4.69) is 27.3 Å². The zero-order valence-corrected chi connectivity index (χ0v) is 11.6. The van der Waals surface area contributed by atoms with Crippen molar-refractivity contribution in [2.75, 3.05) is 43.6 Å². The van der Waals surface area contributed by atoms with Crippen LogP contribution in [-0.4, -0.2) is 38.4 Å². The van der Waals surface area contributed by atoms with Gasteiger partial charge in [-0.1, -0.05) is 0 Å². The second-order valence-corrected chi connectivity index (χ2v) is 4.69. The number of benzene rings is 1. The van der Waals surface area contributed by atoms with Crippen molar-refractivity contribution < 1.29 is 9.47 Å². The molecule has 1 fully saturated rings. The lowest BCUT2D eigenvalue weighted by atomic mass is 10.2. The molecular formula is C15H19N3O2. The molecular weight excluding hydrogens is 254 g/mol. The number of morpholine rings is 1. The maximum Gasteiger partial charge on any atom is 0.144 e. The van der Waals surface area contributed by atoms with Gasteiger partial charge in [-0.2, -0.15) is 0 Å². The molecule has 0 aliphatic carbocycles. The van der Waals surface area contributed by atoms with Crippen LogP contribution in [-0.2, 0) is 4.74 Å². The highest BCUT2D eigenvalue weighted by Crippen LogP contribution is 2.31. The highest BCUT2D eigenvalue weighted by atomic mass is 16.5. The Morgan fingerprint density at radius 3 is 2.80 bits per heavy atom. The molecule has 5 nitrogen and oxygen atoms in total. The first-order chi connectivity index (χ1) is 9.86. The fourth-order valence-corrected chi connectivity index (χ4v) is 2.35. The van der Waals surface area contributed by atoms with Gasteiger partial charge in [-0.15, -0.1) is 0 Å². The third kappa shape index (κ3) is 2.72. The van der Waals surface area contributed by atoms with Crippen molar-refractivity contribution >= 4 is 17.2 Å². The van der Waals surface area contributed by atoms with E-state index in [1.807, 2.05) is 24.4 Å². The van der Waals surface area contributed by atoms with Crippen molar-refractivity contribution in [2.45, 2.75) is 0 Å². The number of nitrogens with zero attached hydrogens (tertiary/aromatic N) is 1. The van der Waals surface area contributed by atoms with Crippen LogP contribution in [0, 0.1) is 0 Å². The predicted molar refractivity (Wildman–Crippen MR) is 80.1 cm³/mol. The van der Waals surface area contributed by atoms with E-state index in [1.165, 1.54) is 5.69 Å². The van der Waals surface area contributed by atoms with E-state index in [4.69, 9.17) is 9.47 Å². The van der Waals surface area contributed by atoms with E-state index in [-0.39, 0.29) is 0 Å². The lowest BCUT2D eigenvalue weighted by molar-refractivity contribution is 0.122. The number of hydrogen-bond acceptors (Lipinski definition) is 4. The molecule has 1 saturated heterocycles. The number of anilines is 3. The van der Waals surface area contributed by atoms with Crippen molar-refractivity contribution in [3.8, 4) is 5.75 Å². The van der Waals surface area contributed by atoms with E-state index >= 15 is 0 Å². The Morgan fingerprint density at radius 2 is 2.10 bits per heavy atom. The maximum atomic E-state index is 5.49. The number of aromatic amines is 1. The van der Waals surface area contributed by atoms with Crippen LogP contribution >= 0.6 is 0 Å². The van der Waals surface area contributed by atoms with Crippen LogP contribution in [0.15, 0.2) is 36.5 Å². The summed E-state index contributed by atoms with van der Waals surface area (Å²) < 4.78 is 10.9. The van der Waals surface area contributed by atoms with Crippen molar-refractivity contribution in [1.29, 1.82) is 0 Å². The molecule has 106 valence electrons.